The highest BCUT2D eigenvalue weighted by Crippen LogP contribution is 2.35. The van der Waals surface area contributed by atoms with E-state index in [-0.39, 0.29) is 25.0 Å². The Kier molecular flexibility index (Phi) is 10.8. The minimum atomic E-state index is -2.24. The summed E-state index contributed by atoms with van der Waals surface area (Å²) in [5.41, 5.74) is -3.91. The lowest BCUT2D eigenvalue weighted by atomic mass is 9.79. The molecular formula is C27H36ClNO8. The lowest BCUT2D eigenvalue weighted by Gasteiger charge is -2.39. The highest BCUT2D eigenvalue weighted by molar-refractivity contribution is 6.23. The van der Waals surface area contributed by atoms with Crippen LogP contribution in [0.15, 0.2) is 48.0 Å². The van der Waals surface area contributed by atoms with Crippen LogP contribution in [0.1, 0.15) is 40.5 Å². The summed E-state index contributed by atoms with van der Waals surface area (Å²) in [7, 11) is 1.83. The smallest absolute Gasteiger partial charge is 0.350 e. The molecule has 1 fully saturated rings. The van der Waals surface area contributed by atoms with Gasteiger partial charge in [-0.2, -0.15) is 0 Å². The zero-order chi connectivity index (χ0) is 27.8. The van der Waals surface area contributed by atoms with Crippen LogP contribution in [0.4, 0.5) is 0 Å². The maximum atomic E-state index is 13.0. The molecule has 3 rings (SSSR count). The summed E-state index contributed by atoms with van der Waals surface area (Å²) in [6.07, 6.45) is 0.292. The first-order valence-electron chi connectivity index (χ1n) is 12.2. The number of nitrogens with zero attached hydrogens (tertiary/aromatic N) is 1. The number of benzene rings is 1. The Morgan fingerprint density at radius 3 is 2.24 bits per heavy atom. The average molecular weight is 538 g/mol. The van der Waals surface area contributed by atoms with Crippen LogP contribution in [0.3, 0.4) is 0 Å². The van der Waals surface area contributed by atoms with Crippen molar-refractivity contribution in [3.63, 3.8) is 0 Å². The first kappa shape index (κ1) is 30.5. The van der Waals surface area contributed by atoms with Gasteiger partial charge in [0.15, 0.2) is 11.7 Å². The van der Waals surface area contributed by atoms with E-state index >= 15 is 0 Å². The standard InChI is InChI=1S/C21H30ClNO8.C6H6/c1-12-10-21(28,13(2)22)19(27)30-16-7-9-23(5)8-6-15(17(16)25)11-29-18(26)20(12,4)31-14(3)24;1-2-4-6-5-3-1/h6,12-13,16,28H,7-11H2,1-5H3;1-6H/b15-6-;. The summed E-state index contributed by atoms with van der Waals surface area (Å²) >= 11 is 6.16. The van der Waals surface area contributed by atoms with Gasteiger partial charge in [0, 0.05) is 37.9 Å². The molecule has 0 saturated carbocycles. The number of Topliss-reactive ketones (excluding diaryl/α,β-unsaturated/α-hetero) is 1. The van der Waals surface area contributed by atoms with Gasteiger partial charge in [-0.15, -0.1) is 11.6 Å². The van der Waals surface area contributed by atoms with Crippen molar-refractivity contribution in [1.29, 1.82) is 0 Å². The maximum absolute atomic E-state index is 13.0. The zero-order valence-corrected chi connectivity index (χ0v) is 22.7. The number of likely N-dealkylation sites (N-methyl/N-ethyl adjacent to an activating group) is 1. The molecule has 5 unspecified atom stereocenters. The van der Waals surface area contributed by atoms with Gasteiger partial charge in [0.25, 0.3) is 0 Å². The number of cyclic esters (lactones) is 1. The Hall–Kier alpha value is -2.75. The molecule has 5 atom stereocenters. The molecule has 2 aliphatic heterocycles. The first-order valence-corrected chi connectivity index (χ1v) is 12.6. The van der Waals surface area contributed by atoms with Crippen molar-refractivity contribution in [2.24, 2.45) is 5.92 Å². The first-order chi connectivity index (χ1) is 17.3. The van der Waals surface area contributed by atoms with Gasteiger partial charge in [-0.05, 0) is 27.3 Å². The molecule has 0 radical (unpaired) electrons. The lowest BCUT2D eigenvalue weighted by molar-refractivity contribution is -0.192. The second kappa shape index (κ2) is 13.2. The van der Waals surface area contributed by atoms with Crippen molar-refractivity contribution in [3.8, 4) is 0 Å². The molecule has 0 aliphatic carbocycles. The summed E-state index contributed by atoms with van der Waals surface area (Å²) < 4.78 is 16.1. The quantitative estimate of drug-likeness (QED) is 0.345. The third-order valence-corrected chi connectivity index (χ3v) is 7.00. The van der Waals surface area contributed by atoms with Crippen LogP contribution in [0.5, 0.6) is 0 Å². The molecule has 204 valence electrons. The van der Waals surface area contributed by atoms with Crippen molar-refractivity contribution < 1.29 is 38.5 Å². The van der Waals surface area contributed by atoms with Crippen LogP contribution >= 0.6 is 11.6 Å². The molecule has 0 aromatic heterocycles. The summed E-state index contributed by atoms with van der Waals surface area (Å²) in [6.45, 7) is 5.95. The third kappa shape index (κ3) is 7.87. The van der Waals surface area contributed by atoms with E-state index in [1.807, 2.05) is 48.3 Å². The molecule has 37 heavy (non-hydrogen) atoms. The third-order valence-electron chi connectivity index (χ3n) is 6.64. The second-order valence-electron chi connectivity index (χ2n) is 9.62. The highest BCUT2D eigenvalue weighted by Gasteiger charge is 2.52. The molecule has 9 nitrogen and oxygen atoms in total. The molecule has 2 heterocycles. The highest BCUT2D eigenvalue weighted by atomic mass is 35.5. The number of aliphatic hydroxyl groups is 1. The molecule has 0 amide bonds. The molecule has 2 aliphatic rings. The molecule has 1 aromatic rings. The van der Waals surface area contributed by atoms with Crippen molar-refractivity contribution in [2.75, 3.05) is 26.7 Å². The number of hydrogen-bond acceptors (Lipinski definition) is 9. The Morgan fingerprint density at radius 1 is 1.16 bits per heavy atom. The van der Waals surface area contributed by atoms with E-state index in [2.05, 4.69) is 0 Å². The van der Waals surface area contributed by atoms with E-state index in [1.54, 1.807) is 6.08 Å². The Balaban J connectivity index is 0.000000700. The minimum absolute atomic E-state index is 0.151. The van der Waals surface area contributed by atoms with Crippen molar-refractivity contribution in [2.45, 2.75) is 63.2 Å². The number of carbonyl (C=O) groups is 4. The molecule has 1 aromatic carbocycles. The van der Waals surface area contributed by atoms with E-state index in [0.717, 1.165) is 6.92 Å². The monoisotopic (exact) mass is 537 g/mol. The van der Waals surface area contributed by atoms with Gasteiger partial charge in [0.1, 0.15) is 6.61 Å². The number of rotatable bonds is 2. The van der Waals surface area contributed by atoms with E-state index < -0.39 is 52.3 Å². The summed E-state index contributed by atoms with van der Waals surface area (Å²) in [5.74, 6) is -4.09. The van der Waals surface area contributed by atoms with Gasteiger partial charge in [0.05, 0.1) is 5.38 Å². The minimum Gasteiger partial charge on any atom is -0.458 e. The molecular weight excluding hydrogens is 502 g/mol. The fourth-order valence-corrected chi connectivity index (χ4v) is 4.17. The topological polar surface area (TPSA) is 119 Å². The molecule has 0 spiro atoms. The van der Waals surface area contributed by atoms with Crippen LogP contribution in [-0.4, -0.2) is 83.1 Å². The Labute approximate surface area is 222 Å². The van der Waals surface area contributed by atoms with E-state index in [0.29, 0.717) is 13.1 Å². The number of ether oxygens (including phenoxy) is 3. The number of fused-ring (bicyclic) bond motifs is 2. The summed E-state index contributed by atoms with van der Waals surface area (Å²) in [5, 5.41) is 10.0. The number of ketones is 1. The number of esters is 3. The number of hydrogen-bond donors (Lipinski definition) is 1. The van der Waals surface area contributed by atoms with Gasteiger partial charge in [-0.3, -0.25) is 9.59 Å². The predicted octanol–water partition coefficient (Wildman–Crippen LogP) is 2.68. The average Bonchev–Trinajstić information content (AvgIpc) is 2.85. The Bertz CT molecular complexity index is 971. The van der Waals surface area contributed by atoms with E-state index in [1.165, 1.54) is 20.8 Å². The summed E-state index contributed by atoms with van der Waals surface area (Å²) in [6, 6.07) is 12.0. The summed E-state index contributed by atoms with van der Waals surface area (Å²) in [4.78, 5) is 52.6. The van der Waals surface area contributed by atoms with Gasteiger partial charge < -0.3 is 24.2 Å². The molecule has 2 bridgehead atoms. The largest absolute Gasteiger partial charge is 0.458 e. The van der Waals surface area contributed by atoms with Crippen LogP contribution in [-0.2, 0) is 33.4 Å². The number of alkyl halides is 1. The molecule has 1 N–H and O–H groups in total. The van der Waals surface area contributed by atoms with Crippen LogP contribution in [0.2, 0.25) is 0 Å². The van der Waals surface area contributed by atoms with Gasteiger partial charge >= 0.3 is 17.9 Å². The van der Waals surface area contributed by atoms with Gasteiger partial charge in [0.2, 0.25) is 11.4 Å². The maximum Gasteiger partial charge on any atom is 0.350 e. The molecule has 1 saturated heterocycles. The van der Waals surface area contributed by atoms with Crippen molar-refractivity contribution >= 4 is 35.3 Å². The van der Waals surface area contributed by atoms with Crippen molar-refractivity contribution in [1.82, 2.24) is 4.90 Å². The Morgan fingerprint density at radius 2 is 1.73 bits per heavy atom. The van der Waals surface area contributed by atoms with Crippen LogP contribution in [0.25, 0.3) is 0 Å². The number of halogens is 1. The predicted molar refractivity (Wildman–Crippen MR) is 137 cm³/mol. The number of carbonyl (C=O) groups excluding carboxylic acids is 4. The van der Waals surface area contributed by atoms with E-state index in [4.69, 9.17) is 25.8 Å². The fraction of sp³-hybridized carbons (Fsp3) is 0.556. The fourth-order valence-electron chi connectivity index (χ4n) is 3.99. The SMILES string of the molecule is CC(=O)OC1(C)C(=O)OC/C2=C/CN(C)CCC(OC(=O)C(O)(C(C)Cl)CC1C)C2=O.c1ccccc1. The van der Waals surface area contributed by atoms with E-state index in [9.17, 15) is 24.3 Å². The zero-order valence-electron chi connectivity index (χ0n) is 21.9. The second-order valence-corrected chi connectivity index (χ2v) is 10.3. The van der Waals surface area contributed by atoms with Gasteiger partial charge in [-0.25, -0.2) is 9.59 Å². The molecule has 10 heteroatoms. The van der Waals surface area contributed by atoms with Gasteiger partial charge in [-0.1, -0.05) is 49.4 Å². The van der Waals surface area contributed by atoms with Crippen molar-refractivity contribution in [3.05, 3.63) is 48.0 Å². The van der Waals surface area contributed by atoms with Crippen LogP contribution in [0, 0.1) is 5.92 Å². The van der Waals surface area contributed by atoms with Crippen LogP contribution < -0.4 is 0 Å². The lowest BCUT2D eigenvalue weighted by Crippen LogP contribution is -2.56. The normalized spacial score (nSPS) is 31.8.